The average molecular weight is 254 g/mol. The van der Waals surface area contributed by atoms with E-state index in [1.54, 1.807) is 0 Å². The Morgan fingerprint density at radius 3 is 2.63 bits per heavy atom. The Labute approximate surface area is 108 Å². The van der Waals surface area contributed by atoms with E-state index in [9.17, 15) is 4.79 Å². The van der Waals surface area contributed by atoms with E-state index in [2.05, 4.69) is 9.97 Å². The summed E-state index contributed by atoms with van der Waals surface area (Å²) in [5, 5.41) is 9.80. The number of carboxylic acids is 1. The Bertz CT molecular complexity index is 760. The molecule has 2 aromatic heterocycles. The Morgan fingerprint density at radius 1 is 1.21 bits per heavy atom. The molecule has 0 aliphatic rings. The van der Waals surface area contributed by atoms with Gasteiger partial charge >= 0.3 is 5.97 Å². The van der Waals surface area contributed by atoms with Crippen LogP contribution in [0.15, 0.2) is 41.1 Å². The topological polar surface area (TPSA) is 76.2 Å². The number of hydrogen-bond donors (Lipinski definition) is 1. The molecule has 1 aromatic carbocycles. The summed E-state index contributed by atoms with van der Waals surface area (Å²) in [4.78, 5) is 18.7. The first-order valence-electron chi connectivity index (χ1n) is 5.70. The van der Waals surface area contributed by atoms with Crippen LogP contribution in [0.2, 0.25) is 0 Å². The van der Waals surface area contributed by atoms with E-state index in [0.717, 1.165) is 16.5 Å². The summed E-state index contributed by atoms with van der Waals surface area (Å²) in [5.41, 5.74) is 2.18. The number of hydrogen-bond acceptors (Lipinski definition) is 4. The molecule has 5 heteroatoms. The molecule has 0 atom stereocenters. The van der Waals surface area contributed by atoms with E-state index in [-0.39, 0.29) is 5.69 Å². The van der Waals surface area contributed by atoms with Gasteiger partial charge in [0.2, 0.25) is 0 Å². The van der Waals surface area contributed by atoms with Crippen LogP contribution in [-0.2, 0) is 0 Å². The van der Waals surface area contributed by atoms with Gasteiger partial charge in [-0.2, -0.15) is 0 Å². The van der Waals surface area contributed by atoms with Crippen LogP contribution in [0.3, 0.4) is 0 Å². The molecule has 0 bridgehead atoms. The van der Waals surface area contributed by atoms with E-state index in [4.69, 9.17) is 9.52 Å². The summed E-state index contributed by atoms with van der Waals surface area (Å²) in [6, 6.07) is 7.68. The summed E-state index contributed by atoms with van der Waals surface area (Å²) >= 11 is 0. The van der Waals surface area contributed by atoms with E-state index >= 15 is 0 Å². The van der Waals surface area contributed by atoms with E-state index in [1.165, 1.54) is 12.4 Å². The van der Waals surface area contributed by atoms with Gasteiger partial charge in [0.05, 0.1) is 12.4 Å². The zero-order valence-corrected chi connectivity index (χ0v) is 10.1. The van der Waals surface area contributed by atoms with Gasteiger partial charge in [-0.3, -0.25) is 0 Å². The van der Waals surface area contributed by atoms with Crippen molar-refractivity contribution < 1.29 is 14.3 Å². The lowest BCUT2D eigenvalue weighted by Gasteiger charge is -1.98. The van der Waals surface area contributed by atoms with E-state index in [0.29, 0.717) is 11.5 Å². The number of aryl methyl sites for hydroxylation is 1. The molecule has 2 heterocycles. The van der Waals surface area contributed by atoms with Crippen molar-refractivity contribution in [3.8, 4) is 11.5 Å². The van der Waals surface area contributed by atoms with Gasteiger partial charge in [-0.1, -0.05) is 18.2 Å². The number of nitrogens with zero attached hydrogens (tertiary/aromatic N) is 2. The standard InChI is InChI=1S/C14H10N2O3/c1-8-9-4-2-3-5-12(9)19-13(8)10-6-16-11(7-15-10)14(17)18/h2-7H,1H3,(H,17,18). The molecular formula is C14H10N2O3. The minimum atomic E-state index is -1.10. The fourth-order valence-corrected chi connectivity index (χ4v) is 1.97. The van der Waals surface area contributed by atoms with Crippen molar-refractivity contribution in [3.05, 3.63) is 47.9 Å². The number of carboxylic acid groups (broad SMARTS) is 1. The molecule has 0 unspecified atom stereocenters. The number of furan rings is 1. The number of aromatic carboxylic acids is 1. The average Bonchev–Trinajstić information content (AvgIpc) is 2.77. The van der Waals surface area contributed by atoms with Crippen LogP contribution in [0.4, 0.5) is 0 Å². The van der Waals surface area contributed by atoms with Gasteiger partial charge in [-0.25, -0.2) is 14.8 Å². The third-order valence-corrected chi connectivity index (χ3v) is 2.95. The van der Waals surface area contributed by atoms with Gasteiger partial charge in [-0.05, 0) is 13.0 Å². The summed E-state index contributed by atoms with van der Waals surface area (Å²) in [6.07, 6.45) is 2.64. The van der Waals surface area contributed by atoms with Crippen LogP contribution in [0.1, 0.15) is 16.1 Å². The van der Waals surface area contributed by atoms with Gasteiger partial charge in [0, 0.05) is 10.9 Å². The van der Waals surface area contributed by atoms with Gasteiger partial charge in [-0.15, -0.1) is 0 Å². The van der Waals surface area contributed by atoms with Crippen molar-refractivity contribution in [2.24, 2.45) is 0 Å². The molecule has 19 heavy (non-hydrogen) atoms. The maximum atomic E-state index is 10.7. The fraction of sp³-hybridized carbons (Fsp3) is 0.0714. The maximum Gasteiger partial charge on any atom is 0.356 e. The van der Waals surface area contributed by atoms with E-state index in [1.807, 2.05) is 31.2 Å². The molecular weight excluding hydrogens is 244 g/mol. The van der Waals surface area contributed by atoms with Crippen molar-refractivity contribution in [2.75, 3.05) is 0 Å². The van der Waals surface area contributed by atoms with Gasteiger partial charge in [0.25, 0.3) is 0 Å². The summed E-state index contributed by atoms with van der Waals surface area (Å²) in [6.45, 7) is 1.94. The number of rotatable bonds is 2. The van der Waals surface area contributed by atoms with Crippen LogP contribution < -0.4 is 0 Å². The minimum absolute atomic E-state index is 0.0856. The summed E-state index contributed by atoms with van der Waals surface area (Å²) in [5.74, 6) is -0.481. The van der Waals surface area contributed by atoms with Crippen molar-refractivity contribution in [1.29, 1.82) is 0 Å². The molecule has 0 spiro atoms. The molecule has 0 radical (unpaired) electrons. The van der Waals surface area contributed by atoms with Crippen molar-refractivity contribution in [2.45, 2.75) is 6.92 Å². The zero-order valence-electron chi connectivity index (χ0n) is 10.1. The van der Waals surface area contributed by atoms with E-state index < -0.39 is 5.97 Å². The smallest absolute Gasteiger partial charge is 0.356 e. The highest BCUT2D eigenvalue weighted by Gasteiger charge is 2.14. The second-order valence-corrected chi connectivity index (χ2v) is 4.14. The molecule has 1 N–H and O–H groups in total. The monoisotopic (exact) mass is 254 g/mol. The molecule has 0 fully saturated rings. The maximum absolute atomic E-state index is 10.7. The fourth-order valence-electron chi connectivity index (χ4n) is 1.97. The lowest BCUT2D eigenvalue weighted by molar-refractivity contribution is 0.0690. The van der Waals surface area contributed by atoms with Gasteiger partial charge in [0.1, 0.15) is 11.3 Å². The first-order chi connectivity index (χ1) is 9.16. The lowest BCUT2D eigenvalue weighted by Crippen LogP contribution is -2.01. The number of carbonyl (C=O) groups is 1. The Morgan fingerprint density at radius 2 is 2.00 bits per heavy atom. The SMILES string of the molecule is Cc1c(-c2cnc(C(=O)O)cn2)oc2ccccc12. The predicted molar refractivity (Wildman–Crippen MR) is 68.9 cm³/mol. The molecule has 0 aliphatic carbocycles. The summed E-state index contributed by atoms with van der Waals surface area (Å²) < 4.78 is 5.74. The molecule has 0 aliphatic heterocycles. The Balaban J connectivity index is 2.13. The third kappa shape index (κ3) is 1.85. The second-order valence-electron chi connectivity index (χ2n) is 4.14. The summed E-state index contributed by atoms with van der Waals surface area (Å²) in [7, 11) is 0. The lowest BCUT2D eigenvalue weighted by atomic mass is 10.1. The Kier molecular flexibility index (Phi) is 2.52. The Hall–Kier alpha value is -2.69. The van der Waals surface area contributed by atoms with Crippen molar-refractivity contribution in [1.82, 2.24) is 9.97 Å². The number of para-hydroxylation sites is 1. The number of fused-ring (bicyclic) bond motifs is 1. The molecule has 5 nitrogen and oxygen atoms in total. The highest BCUT2D eigenvalue weighted by molar-refractivity contribution is 5.87. The van der Waals surface area contributed by atoms with Crippen LogP contribution in [0.25, 0.3) is 22.4 Å². The van der Waals surface area contributed by atoms with Crippen LogP contribution in [0, 0.1) is 6.92 Å². The second kappa shape index (κ2) is 4.20. The van der Waals surface area contributed by atoms with Gasteiger partial charge < -0.3 is 9.52 Å². The highest BCUT2D eigenvalue weighted by atomic mass is 16.4. The minimum Gasteiger partial charge on any atom is -0.476 e. The first-order valence-corrected chi connectivity index (χ1v) is 5.70. The van der Waals surface area contributed by atoms with Crippen LogP contribution in [0.5, 0.6) is 0 Å². The molecule has 0 saturated carbocycles. The van der Waals surface area contributed by atoms with Crippen molar-refractivity contribution in [3.63, 3.8) is 0 Å². The molecule has 0 amide bonds. The van der Waals surface area contributed by atoms with Crippen LogP contribution in [-0.4, -0.2) is 21.0 Å². The van der Waals surface area contributed by atoms with Crippen LogP contribution >= 0.6 is 0 Å². The largest absolute Gasteiger partial charge is 0.476 e. The normalized spacial score (nSPS) is 10.8. The number of aromatic nitrogens is 2. The number of benzene rings is 1. The first kappa shape index (κ1) is 11.4. The zero-order chi connectivity index (χ0) is 13.4. The predicted octanol–water partition coefficient (Wildman–Crippen LogP) is 2.90. The third-order valence-electron chi connectivity index (χ3n) is 2.95. The molecule has 3 aromatic rings. The van der Waals surface area contributed by atoms with Gasteiger partial charge in [0.15, 0.2) is 11.5 Å². The molecule has 94 valence electrons. The quantitative estimate of drug-likeness (QED) is 0.760. The van der Waals surface area contributed by atoms with Crippen molar-refractivity contribution >= 4 is 16.9 Å². The molecule has 0 saturated heterocycles. The highest BCUT2D eigenvalue weighted by Crippen LogP contribution is 2.31. The molecule has 3 rings (SSSR count).